The van der Waals surface area contributed by atoms with Gasteiger partial charge in [-0.25, -0.2) is 0 Å². The molecular weight excluding hydrogens is 390 g/mol. The van der Waals surface area contributed by atoms with Crippen molar-refractivity contribution in [2.45, 2.75) is 0 Å². The standard InChI is InChI=1S/C21H21N5S.ClH/c1-26(2)14-13-23-21-16-8-4-3-7-15(16)20(24-25-21)19-11-10-18(27-19)17-9-5-6-12-22-17;/h3-12H,13-14H2,1-2H3,(H,23,25);1H. The van der Waals surface area contributed by atoms with Crippen LogP contribution in [0.3, 0.4) is 0 Å². The first-order valence-electron chi connectivity index (χ1n) is 8.88. The van der Waals surface area contributed by atoms with E-state index < -0.39 is 0 Å². The van der Waals surface area contributed by atoms with E-state index in [1.165, 1.54) is 0 Å². The van der Waals surface area contributed by atoms with Crippen molar-refractivity contribution < 1.29 is 0 Å². The Labute approximate surface area is 174 Å². The maximum atomic E-state index is 4.55. The summed E-state index contributed by atoms with van der Waals surface area (Å²) in [5.74, 6) is 0.831. The second kappa shape index (κ2) is 9.10. The van der Waals surface area contributed by atoms with Crippen LogP contribution in [0, 0.1) is 0 Å². The number of pyridine rings is 1. The van der Waals surface area contributed by atoms with Crippen LogP contribution in [0.2, 0.25) is 0 Å². The fourth-order valence-electron chi connectivity index (χ4n) is 2.93. The van der Waals surface area contributed by atoms with Crippen molar-refractivity contribution in [1.29, 1.82) is 0 Å². The highest BCUT2D eigenvalue weighted by atomic mass is 35.5. The largest absolute Gasteiger partial charge is 0.367 e. The quantitative estimate of drug-likeness (QED) is 0.493. The maximum Gasteiger partial charge on any atom is 0.156 e. The van der Waals surface area contributed by atoms with Crippen molar-refractivity contribution in [3.8, 4) is 21.1 Å². The summed E-state index contributed by atoms with van der Waals surface area (Å²) in [7, 11) is 4.12. The number of thiophene rings is 1. The summed E-state index contributed by atoms with van der Waals surface area (Å²) < 4.78 is 0. The van der Waals surface area contributed by atoms with E-state index in [0.717, 1.165) is 50.8 Å². The van der Waals surface area contributed by atoms with Gasteiger partial charge in [-0.1, -0.05) is 30.3 Å². The summed E-state index contributed by atoms with van der Waals surface area (Å²) in [5, 5.41) is 14.6. The zero-order valence-corrected chi connectivity index (χ0v) is 17.4. The third kappa shape index (κ3) is 4.30. The van der Waals surface area contributed by atoms with Gasteiger partial charge in [0.25, 0.3) is 0 Å². The van der Waals surface area contributed by atoms with Gasteiger partial charge in [0.05, 0.1) is 15.4 Å². The van der Waals surface area contributed by atoms with Gasteiger partial charge >= 0.3 is 0 Å². The molecule has 0 aliphatic carbocycles. The van der Waals surface area contributed by atoms with Gasteiger partial charge in [0.15, 0.2) is 5.82 Å². The summed E-state index contributed by atoms with van der Waals surface area (Å²) in [5.41, 5.74) is 1.89. The Bertz CT molecular complexity index is 1050. The van der Waals surface area contributed by atoms with Gasteiger partial charge in [-0.3, -0.25) is 4.98 Å². The first-order chi connectivity index (χ1) is 13.2. The highest BCUT2D eigenvalue weighted by Gasteiger charge is 2.13. The summed E-state index contributed by atoms with van der Waals surface area (Å²) in [6.07, 6.45) is 1.82. The summed E-state index contributed by atoms with van der Waals surface area (Å²) in [6.45, 7) is 1.77. The number of rotatable bonds is 6. The van der Waals surface area contributed by atoms with Gasteiger partial charge in [-0.15, -0.1) is 33.9 Å². The number of anilines is 1. The Morgan fingerprint density at radius 2 is 1.64 bits per heavy atom. The third-order valence-corrected chi connectivity index (χ3v) is 5.41. The SMILES string of the molecule is CN(C)CCNc1nnc(-c2ccc(-c3ccccn3)s2)c2ccccc12.Cl. The highest BCUT2D eigenvalue weighted by Crippen LogP contribution is 2.36. The lowest BCUT2D eigenvalue weighted by atomic mass is 10.1. The van der Waals surface area contributed by atoms with E-state index in [2.05, 4.69) is 63.8 Å². The number of nitrogens with zero attached hydrogens (tertiary/aromatic N) is 4. The zero-order valence-electron chi connectivity index (χ0n) is 15.8. The number of likely N-dealkylation sites (N-methyl/N-ethyl adjacent to an activating group) is 1. The predicted molar refractivity (Wildman–Crippen MR) is 120 cm³/mol. The van der Waals surface area contributed by atoms with Gasteiger partial charge in [-0.2, -0.15) is 0 Å². The lowest BCUT2D eigenvalue weighted by Crippen LogP contribution is -2.21. The molecule has 3 heterocycles. The molecule has 0 saturated carbocycles. The minimum atomic E-state index is 0. The van der Waals surface area contributed by atoms with E-state index in [4.69, 9.17) is 0 Å². The fraction of sp³-hybridized carbons (Fsp3) is 0.190. The van der Waals surface area contributed by atoms with Crippen molar-refractivity contribution in [2.24, 2.45) is 0 Å². The second-order valence-electron chi connectivity index (χ2n) is 6.55. The van der Waals surface area contributed by atoms with Crippen molar-refractivity contribution in [3.05, 3.63) is 60.8 Å². The molecule has 0 amide bonds. The first kappa shape index (κ1) is 20.2. The molecule has 0 radical (unpaired) electrons. The molecule has 0 aliphatic rings. The van der Waals surface area contributed by atoms with E-state index in [0.29, 0.717) is 0 Å². The lowest BCUT2D eigenvalue weighted by Gasteiger charge is -2.13. The molecule has 4 rings (SSSR count). The van der Waals surface area contributed by atoms with E-state index in [9.17, 15) is 0 Å². The Morgan fingerprint density at radius 3 is 2.39 bits per heavy atom. The van der Waals surface area contributed by atoms with Crippen LogP contribution < -0.4 is 5.32 Å². The molecule has 0 saturated heterocycles. The van der Waals surface area contributed by atoms with Crippen LogP contribution in [0.15, 0.2) is 60.8 Å². The van der Waals surface area contributed by atoms with Crippen LogP contribution in [0.4, 0.5) is 5.82 Å². The summed E-state index contributed by atoms with van der Waals surface area (Å²) in [6, 6.07) is 18.5. The summed E-state index contributed by atoms with van der Waals surface area (Å²) in [4.78, 5) is 8.81. The molecule has 0 aliphatic heterocycles. The molecule has 28 heavy (non-hydrogen) atoms. The van der Waals surface area contributed by atoms with Crippen molar-refractivity contribution >= 4 is 40.3 Å². The number of hydrogen-bond donors (Lipinski definition) is 1. The normalized spacial score (nSPS) is 10.8. The number of aromatic nitrogens is 3. The minimum absolute atomic E-state index is 0. The van der Waals surface area contributed by atoms with Crippen LogP contribution in [0.1, 0.15) is 0 Å². The third-order valence-electron chi connectivity index (χ3n) is 4.30. The second-order valence-corrected chi connectivity index (χ2v) is 7.64. The van der Waals surface area contributed by atoms with Crippen LogP contribution in [-0.4, -0.2) is 47.3 Å². The van der Waals surface area contributed by atoms with E-state index >= 15 is 0 Å². The average molecular weight is 412 g/mol. The zero-order chi connectivity index (χ0) is 18.6. The van der Waals surface area contributed by atoms with Gasteiger partial charge in [0, 0.05) is 30.1 Å². The molecule has 7 heteroatoms. The van der Waals surface area contributed by atoms with Crippen molar-refractivity contribution in [1.82, 2.24) is 20.1 Å². The van der Waals surface area contributed by atoms with Gasteiger partial charge < -0.3 is 10.2 Å². The van der Waals surface area contributed by atoms with Gasteiger partial charge in [0.1, 0.15) is 5.69 Å². The van der Waals surface area contributed by atoms with E-state index in [-0.39, 0.29) is 12.4 Å². The molecule has 5 nitrogen and oxygen atoms in total. The average Bonchev–Trinajstić information content (AvgIpc) is 3.18. The number of halogens is 1. The molecule has 3 aromatic heterocycles. The molecular formula is C21H22ClN5S. The molecule has 0 spiro atoms. The maximum absolute atomic E-state index is 4.55. The van der Waals surface area contributed by atoms with E-state index in [1.54, 1.807) is 11.3 Å². The Hall–Kier alpha value is -2.54. The molecule has 0 atom stereocenters. The van der Waals surface area contributed by atoms with Crippen LogP contribution in [0.5, 0.6) is 0 Å². The minimum Gasteiger partial charge on any atom is -0.367 e. The number of nitrogens with one attached hydrogen (secondary N) is 1. The number of benzene rings is 1. The molecule has 0 fully saturated rings. The van der Waals surface area contributed by atoms with Gasteiger partial charge in [0.2, 0.25) is 0 Å². The monoisotopic (exact) mass is 411 g/mol. The van der Waals surface area contributed by atoms with Crippen LogP contribution in [-0.2, 0) is 0 Å². The van der Waals surface area contributed by atoms with Crippen molar-refractivity contribution in [3.63, 3.8) is 0 Å². The Balaban J connectivity index is 0.00000225. The number of fused-ring (bicyclic) bond motifs is 1. The lowest BCUT2D eigenvalue weighted by molar-refractivity contribution is 0.425. The van der Waals surface area contributed by atoms with Gasteiger partial charge in [-0.05, 0) is 38.4 Å². The van der Waals surface area contributed by atoms with Crippen LogP contribution >= 0.6 is 23.7 Å². The molecule has 144 valence electrons. The molecule has 0 bridgehead atoms. The predicted octanol–water partition coefficient (Wildman–Crippen LogP) is 4.82. The topological polar surface area (TPSA) is 53.9 Å². The summed E-state index contributed by atoms with van der Waals surface area (Å²) >= 11 is 1.69. The van der Waals surface area contributed by atoms with E-state index in [1.807, 2.05) is 36.5 Å². The fourth-order valence-corrected chi connectivity index (χ4v) is 3.91. The molecule has 0 unspecified atom stereocenters. The number of hydrogen-bond acceptors (Lipinski definition) is 6. The highest BCUT2D eigenvalue weighted by molar-refractivity contribution is 7.18. The first-order valence-corrected chi connectivity index (χ1v) is 9.69. The molecule has 1 aromatic carbocycles. The molecule has 1 N–H and O–H groups in total. The van der Waals surface area contributed by atoms with Crippen LogP contribution in [0.25, 0.3) is 31.9 Å². The Morgan fingerprint density at radius 1 is 0.893 bits per heavy atom. The van der Waals surface area contributed by atoms with Crippen molar-refractivity contribution in [2.75, 3.05) is 32.5 Å². The molecule has 4 aromatic rings. The Kier molecular flexibility index (Phi) is 6.57. The smallest absolute Gasteiger partial charge is 0.156 e.